The fourth-order valence-electron chi connectivity index (χ4n) is 2.23. The summed E-state index contributed by atoms with van der Waals surface area (Å²) in [4.78, 5) is 23.6. The van der Waals surface area contributed by atoms with Crippen LogP contribution in [0.15, 0.2) is 48.5 Å². The highest BCUT2D eigenvalue weighted by atomic mass is 35.5. The number of benzene rings is 2. The number of amides is 2. The molecule has 0 saturated heterocycles. The van der Waals surface area contributed by atoms with Crippen LogP contribution in [-0.4, -0.2) is 11.8 Å². The number of carbonyl (C=O) groups is 2. The van der Waals surface area contributed by atoms with E-state index in [0.29, 0.717) is 24.4 Å². The minimum absolute atomic E-state index is 0.00263. The number of nitrogens with one attached hydrogen (secondary N) is 2. The molecule has 2 aromatic rings. The second-order valence-corrected chi connectivity index (χ2v) is 6.68. The third-order valence-corrected chi connectivity index (χ3v) is 4.00. The summed E-state index contributed by atoms with van der Waals surface area (Å²) in [6.07, 6.45) is 1.08. The van der Waals surface area contributed by atoms with Gasteiger partial charge in [-0.25, -0.2) is 0 Å². The molecule has 0 bridgehead atoms. The van der Waals surface area contributed by atoms with Gasteiger partial charge in [0.1, 0.15) is 0 Å². The summed E-state index contributed by atoms with van der Waals surface area (Å²) in [6.45, 7) is 4.16. The van der Waals surface area contributed by atoms with Gasteiger partial charge in [0.15, 0.2) is 0 Å². The van der Waals surface area contributed by atoms with Crippen molar-refractivity contribution in [2.75, 3.05) is 5.32 Å². The topological polar surface area (TPSA) is 58.2 Å². The maximum absolute atomic E-state index is 12.0. The molecule has 0 saturated carbocycles. The molecule has 0 radical (unpaired) electrons. The first-order valence-corrected chi connectivity index (χ1v) is 8.73. The molecule has 5 heteroatoms. The van der Waals surface area contributed by atoms with Crippen molar-refractivity contribution in [3.05, 3.63) is 64.7 Å². The first kappa shape index (κ1) is 19.0. The highest BCUT2D eigenvalue weighted by Crippen LogP contribution is 2.13. The van der Waals surface area contributed by atoms with Gasteiger partial charge in [-0.2, -0.15) is 0 Å². The smallest absolute Gasteiger partial charge is 0.226 e. The van der Waals surface area contributed by atoms with E-state index in [1.807, 2.05) is 62.4 Å². The second kappa shape index (κ2) is 9.23. The Bertz CT molecular complexity index is 727. The lowest BCUT2D eigenvalue weighted by Gasteiger charge is -2.09. The zero-order valence-corrected chi connectivity index (χ0v) is 15.3. The molecule has 2 amide bonds. The standard InChI is InChI=1S/C20H23ClN2O2/c1-14(2)20(25)23-18-9-6-16(7-10-18)13-22-19(24)11-8-15-4-3-5-17(21)12-15/h3-7,9-10,12,14H,8,11,13H2,1-2H3,(H,22,24)(H,23,25). The fraction of sp³-hybridized carbons (Fsp3) is 0.300. The van der Waals surface area contributed by atoms with Crippen LogP contribution >= 0.6 is 11.6 Å². The SMILES string of the molecule is CC(C)C(=O)Nc1ccc(CNC(=O)CCc2cccc(Cl)c2)cc1. The van der Waals surface area contributed by atoms with Crippen molar-refractivity contribution in [3.8, 4) is 0 Å². The molecule has 0 spiro atoms. The summed E-state index contributed by atoms with van der Waals surface area (Å²) in [5.41, 5.74) is 2.79. The van der Waals surface area contributed by atoms with Crippen molar-refractivity contribution in [2.24, 2.45) is 5.92 Å². The van der Waals surface area contributed by atoms with Crippen LogP contribution in [0.3, 0.4) is 0 Å². The predicted molar refractivity (Wildman–Crippen MR) is 102 cm³/mol. The fourth-order valence-corrected chi connectivity index (χ4v) is 2.44. The Morgan fingerprint density at radius 2 is 1.76 bits per heavy atom. The molecular weight excluding hydrogens is 336 g/mol. The molecule has 132 valence electrons. The van der Waals surface area contributed by atoms with Gasteiger partial charge in [0.05, 0.1) is 0 Å². The molecule has 2 N–H and O–H groups in total. The van der Waals surface area contributed by atoms with E-state index in [4.69, 9.17) is 11.6 Å². The number of carbonyl (C=O) groups excluding carboxylic acids is 2. The molecule has 0 aromatic heterocycles. The Morgan fingerprint density at radius 3 is 2.40 bits per heavy atom. The van der Waals surface area contributed by atoms with Crippen molar-refractivity contribution in [1.29, 1.82) is 0 Å². The van der Waals surface area contributed by atoms with E-state index in [-0.39, 0.29) is 17.7 Å². The summed E-state index contributed by atoms with van der Waals surface area (Å²) in [7, 11) is 0. The molecule has 0 fully saturated rings. The van der Waals surface area contributed by atoms with Crippen LogP contribution in [-0.2, 0) is 22.6 Å². The Labute approximate surface area is 153 Å². The second-order valence-electron chi connectivity index (χ2n) is 6.25. The molecule has 4 nitrogen and oxygen atoms in total. The minimum atomic E-state index is -0.0570. The lowest BCUT2D eigenvalue weighted by Crippen LogP contribution is -2.23. The van der Waals surface area contributed by atoms with Gasteiger partial charge in [-0.05, 0) is 41.8 Å². The Balaban J connectivity index is 1.76. The van der Waals surface area contributed by atoms with E-state index in [1.54, 1.807) is 0 Å². The summed E-state index contributed by atoms with van der Waals surface area (Å²) >= 11 is 5.94. The summed E-state index contributed by atoms with van der Waals surface area (Å²) < 4.78 is 0. The van der Waals surface area contributed by atoms with Gasteiger partial charge in [-0.3, -0.25) is 9.59 Å². The van der Waals surface area contributed by atoms with Crippen molar-refractivity contribution in [2.45, 2.75) is 33.2 Å². The highest BCUT2D eigenvalue weighted by molar-refractivity contribution is 6.30. The molecule has 2 rings (SSSR count). The van der Waals surface area contributed by atoms with Crippen LogP contribution in [0, 0.1) is 5.92 Å². The Morgan fingerprint density at radius 1 is 1.04 bits per heavy atom. The molecule has 0 atom stereocenters. The van der Waals surface area contributed by atoms with E-state index >= 15 is 0 Å². The van der Waals surface area contributed by atoms with Crippen LogP contribution in [0.25, 0.3) is 0 Å². The Hall–Kier alpha value is -2.33. The van der Waals surface area contributed by atoms with Gasteiger partial charge in [0.2, 0.25) is 11.8 Å². The first-order valence-electron chi connectivity index (χ1n) is 8.35. The number of rotatable bonds is 7. The normalized spacial score (nSPS) is 10.6. The third kappa shape index (κ3) is 6.59. The molecule has 2 aromatic carbocycles. The van der Waals surface area contributed by atoms with Crippen LogP contribution in [0.2, 0.25) is 5.02 Å². The zero-order chi connectivity index (χ0) is 18.2. The first-order chi connectivity index (χ1) is 11.9. The molecule has 0 aliphatic rings. The average molecular weight is 359 g/mol. The molecule has 0 aliphatic carbocycles. The van der Waals surface area contributed by atoms with E-state index in [9.17, 15) is 9.59 Å². The van der Waals surface area contributed by atoms with Crippen LogP contribution in [0.1, 0.15) is 31.4 Å². The zero-order valence-electron chi connectivity index (χ0n) is 14.5. The van der Waals surface area contributed by atoms with E-state index in [2.05, 4.69) is 10.6 Å². The summed E-state index contributed by atoms with van der Waals surface area (Å²) in [5, 5.41) is 6.43. The monoisotopic (exact) mass is 358 g/mol. The minimum Gasteiger partial charge on any atom is -0.352 e. The maximum Gasteiger partial charge on any atom is 0.226 e. The number of hydrogen-bond donors (Lipinski definition) is 2. The largest absolute Gasteiger partial charge is 0.352 e. The molecule has 0 unspecified atom stereocenters. The van der Waals surface area contributed by atoms with Crippen LogP contribution < -0.4 is 10.6 Å². The van der Waals surface area contributed by atoms with E-state index in [1.165, 1.54) is 0 Å². The molecule has 0 aliphatic heterocycles. The van der Waals surface area contributed by atoms with Gasteiger partial charge in [0, 0.05) is 29.6 Å². The number of hydrogen-bond acceptors (Lipinski definition) is 2. The van der Waals surface area contributed by atoms with Crippen LogP contribution in [0.4, 0.5) is 5.69 Å². The quantitative estimate of drug-likeness (QED) is 0.779. The van der Waals surface area contributed by atoms with Crippen molar-refractivity contribution in [3.63, 3.8) is 0 Å². The average Bonchev–Trinajstić information content (AvgIpc) is 2.59. The van der Waals surface area contributed by atoms with Crippen LogP contribution in [0.5, 0.6) is 0 Å². The van der Waals surface area contributed by atoms with Gasteiger partial charge in [-0.15, -0.1) is 0 Å². The summed E-state index contributed by atoms with van der Waals surface area (Å²) in [5.74, 6) is -0.0716. The van der Waals surface area contributed by atoms with Crippen molar-refractivity contribution >= 4 is 29.1 Å². The van der Waals surface area contributed by atoms with Gasteiger partial charge in [0.25, 0.3) is 0 Å². The molecule has 0 heterocycles. The highest BCUT2D eigenvalue weighted by Gasteiger charge is 2.07. The third-order valence-electron chi connectivity index (χ3n) is 3.77. The van der Waals surface area contributed by atoms with Crippen molar-refractivity contribution in [1.82, 2.24) is 5.32 Å². The van der Waals surface area contributed by atoms with E-state index in [0.717, 1.165) is 16.8 Å². The number of halogens is 1. The predicted octanol–water partition coefficient (Wildman–Crippen LogP) is 4.18. The molecule has 25 heavy (non-hydrogen) atoms. The Kier molecular flexibility index (Phi) is 7.02. The van der Waals surface area contributed by atoms with Gasteiger partial charge >= 0.3 is 0 Å². The van der Waals surface area contributed by atoms with Gasteiger partial charge in [-0.1, -0.05) is 49.7 Å². The molecular formula is C20H23ClN2O2. The van der Waals surface area contributed by atoms with Crippen molar-refractivity contribution < 1.29 is 9.59 Å². The van der Waals surface area contributed by atoms with E-state index < -0.39 is 0 Å². The summed E-state index contributed by atoms with van der Waals surface area (Å²) in [6, 6.07) is 15.0. The number of anilines is 1. The maximum atomic E-state index is 12.0. The lowest BCUT2D eigenvalue weighted by atomic mass is 10.1. The van der Waals surface area contributed by atoms with Gasteiger partial charge < -0.3 is 10.6 Å². The lowest BCUT2D eigenvalue weighted by molar-refractivity contribution is -0.121. The number of aryl methyl sites for hydroxylation is 1.